The molecular weight excluding hydrogens is 679 g/mol. The Morgan fingerprint density at radius 3 is 2.19 bits per heavy atom. The van der Waals surface area contributed by atoms with Crippen LogP contribution in [0.5, 0.6) is 0 Å². The average molecular weight is 726 g/mol. The molecule has 2 atom stereocenters. The van der Waals surface area contributed by atoms with E-state index in [4.69, 9.17) is 4.74 Å². The maximum atomic E-state index is 14.3. The number of hydrogen-bond acceptors (Lipinski definition) is 6. The highest BCUT2D eigenvalue weighted by Crippen LogP contribution is 2.54. The van der Waals surface area contributed by atoms with Crippen molar-refractivity contribution < 1.29 is 27.5 Å². The Hall–Kier alpha value is -4.68. The van der Waals surface area contributed by atoms with Crippen molar-refractivity contribution in [3.8, 4) is 0 Å². The van der Waals surface area contributed by atoms with Gasteiger partial charge in [0.15, 0.2) is 0 Å². The van der Waals surface area contributed by atoms with Crippen LogP contribution in [0.3, 0.4) is 0 Å². The lowest BCUT2D eigenvalue weighted by Gasteiger charge is -2.53. The lowest BCUT2D eigenvalue weighted by molar-refractivity contribution is -0.128. The predicted octanol–water partition coefficient (Wildman–Crippen LogP) is 5.36. The van der Waals surface area contributed by atoms with E-state index in [1.165, 1.54) is 18.6 Å². The predicted molar refractivity (Wildman–Crippen MR) is 197 cm³/mol. The van der Waals surface area contributed by atoms with Crippen molar-refractivity contribution in [2.75, 3.05) is 13.1 Å². The number of nitrogens with one attached hydrogen (secondary N) is 5. The number of H-pyrrole nitrogens is 1. The number of carbonyl (C=O) groups is 3. The van der Waals surface area contributed by atoms with Gasteiger partial charge in [-0.25, -0.2) is 17.9 Å². The highest BCUT2D eigenvalue weighted by atomic mass is 32.2. The number of fused-ring (bicyclic) bond motifs is 1. The maximum absolute atomic E-state index is 14.3. The van der Waals surface area contributed by atoms with Gasteiger partial charge in [-0.1, -0.05) is 66.7 Å². The fourth-order valence-corrected chi connectivity index (χ4v) is 9.91. The number of carbonyl (C=O) groups excluding carboxylic acids is 3. The van der Waals surface area contributed by atoms with Crippen LogP contribution in [0.2, 0.25) is 0 Å². The van der Waals surface area contributed by atoms with Crippen LogP contribution in [0.1, 0.15) is 62.6 Å². The van der Waals surface area contributed by atoms with E-state index >= 15 is 0 Å². The number of amides is 3. The van der Waals surface area contributed by atoms with Crippen LogP contribution in [-0.4, -0.2) is 56.0 Å². The van der Waals surface area contributed by atoms with Gasteiger partial charge in [0, 0.05) is 43.0 Å². The minimum absolute atomic E-state index is 0.0279. The number of aromatic nitrogens is 1. The Kier molecular flexibility index (Phi) is 10.4. The van der Waals surface area contributed by atoms with Crippen molar-refractivity contribution in [2.45, 2.75) is 74.4 Å². The molecule has 11 nitrogen and oxygen atoms in total. The Labute approximate surface area is 304 Å². The van der Waals surface area contributed by atoms with Gasteiger partial charge < -0.3 is 25.7 Å². The normalized spacial score (nSPS) is 23.8. The second-order valence-electron chi connectivity index (χ2n) is 15.0. The molecule has 4 fully saturated rings. The van der Waals surface area contributed by atoms with E-state index in [9.17, 15) is 22.8 Å². The van der Waals surface area contributed by atoms with Crippen molar-refractivity contribution in [3.63, 3.8) is 0 Å². The summed E-state index contributed by atoms with van der Waals surface area (Å²) in [6.07, 6.45) is 6.92. The zero-order valence-corrected chi connectivity index (χ0v) is 30.2. The number of para-hydroxylation sites is 1. The molecule has 8 rings (SSSR count). The summed E-state index contributed by atoms with van der Waals surface area (Å²) in [6, 6.07) is 24.4. The highest BCUT2D eigenvalue weighted by molar-refractivity contribution is 7.89. The highest BCUT2D eigenvalue weighted by Gasteiger charge is 2.50. The van der Waals surface area contributed by atoms with E-state index in [1.807, 2.05) is 60.8 Å². The molecule has 4 aliphatic carbocycles. The monoisotopic (exact) mass is 725 g/mol. The molecule has 12 heteroatoms. The third kappa shape index (κ3) is 8.03. The van der Waals surface area contributed by atoms with Gasteiger partial charge in [-0.05, 0) is 92.0 Å². The molecule has 1 aromatic heterocycles. The molecule has 1 heterocycles. The van der Waals surface area contributed by atoms with Gasteiger partial charge in [-0.2, -0.15) is 0 Å². The minimum atomic E-state index is -3.77. The Bertz CT molecular complexity index is 1970. The van der Waals surface area contributed by atoms with E-state index in [1.54, 1.807) is 25.1 Å². The average Bonchev–Trinajstić information content (AvgIpc) is 3.53. The lowest BCUT2D eigenvalue weighted by Crippen LogP contribution is -2.60. The third-order valence-electron chi connectivity index (χ3n) is 11.2. The Balaban J connectivity index is 1.04. The first-order valence-corrected chi connectivity index (χ1v) is 19.8. The number of ether oxygens (including phenoxy) is 1. The van der Waals surface area contributed by atoms with Crippen LogP contribution in [0, 0.1) is 23.7 Å². The molecule has 4 bridgehead atoms. The molecule has 0 spiro atoms. The van der Waals surface area contributed by atoms with Crippen molar-refractivity contribution in [1.82, 2.24) is 25.7 Å². The van der Waals surface area contributed by atoms with E-state index in [2.05, 4.69) is 25.7 Å². The largest absolute Gasteiger partial charge is 0.446 e. The topological polar surface area (TPSA) is 158 Å². The number of alkyl carbamates (subject to hydrolysis) is 1. The molecule has 0 aliphatic heterocycles. The minimum Gasteiger partial charge on any atom is -0.446 e. The van der Waals surface area contributed by atoms with Gasteiger partial charge in [0.05, 0.1) is 10.9 Å². The lowest BCUT2D eigenvalue weighted by atomic mass is 9.55. The van der Waals surface area contributed by atoms with Crippen molar-refractivity contribution in [2.24, 2.45) is 23.7 Å². The fourth-order valence-electron chi connectivity index (χ4n) is 8.86. The van der Waals surface area contributed by atoms with Gasteiger partial charge in [0.2, 0.25) is 21.8 Å². The van der Waals surface area contributed by atoms with Crippen LogP contribution in [-0.2, 0) is 30.8 Å². The summed E-state index contributed by atoms with van der Waals surface area (Å²) in [5.74, 6) is 1.41. The molecule has 52 heavy (non-hydrogen) atoms. The molecule has 4 aromatic rings. The van der Waals surface area contributed by atoms with E-state index in [-0.39, 0.29) is 36.9 Å². The van der Waals surface area contributed by atoms with Crippen LogP contribution in [0.4, 0.5) is 4.79 Å². The zero-order chi connectivity index (χ0) is 36.3. The number of hydrogen-bond donors (Lipinski definition) is 5. The first-order valence-electron chi connectivity index (χ1n) is 18.3. The van der Waals surface area contributed by atoms with Gasteiger partial charge in [0.25, 0.3) is 0 Å². The first kappa shape index (κ1) is 35.7. The molecule has 0 saturated heterocycles. The summed E-state index contributed by atoms with van der Waals surface area (Å²) in [6.45, 7) is 1.63. The van der Waals surface area contributed by atoms with Crippen LogP contribution in [0.15, 0.2) is 96.0 Å². The summed E-state index contributed by atoms with van der Waals surface area (Å²) < 4.78 is 33.9. The third-order valence-corrected chi connectivity index (χ3v) is 12.7. The van der Waals surface area contributed by atoms with E-state index < -0.39 is 39.5 Å². The van der Waals surface area contributed by atoms with E-state index in [0.29, 0.717) is 11.8 Å². The van der Waals surface area contributed by atoms with Crippen molar-refractivity contribution in [3.05, 3.63) is 102 Å². The molecule has 274 valence electrons. The smallest absolute Gasteiger partial charge is 0.408 e. The van der Waals surface area contributed by atoms with Gasteiger partial charge in [-0.15, -0.1) is 0 Å². The zero-order valence-electron chi connectivity index (χ0n) is 29.3. The second kappa shape index (κ2) is 15.1. The number of benzene rings is 3. The number of aromatic amines is 1. The molecule has 3 amide bonds. The number of sulfonamides is 1. The molecule has 3 aromatic carbocycles. The van der Waals surface area contributed by atoms with E-state index in [0.717, 1.165) is 59.5 Å². The molecule has 0 radical (unpaired) electrons. The molecular formula is C40H47N5O6S. The standard InChI is InChI=1S/C40H47N5O6S/c1-40(23-31-24-41-34-15-9-8-14-33(31)34,45-39(48)51-37-29-19-26-18-27(21-29)22-30(37)20-26)38(47)42-25-35(28-10-4-2-5-11-28)44-36(46)16-17-43-52(49,50)32-12-6-3-7-13-32/h2-15,24,26-27,29-30,35,37,41,43H,16-23,25H2,1H3,(H,42,47)(H,44,46)(H,45,48)/t26?,27?,29?,30?,35-,37?,40+/m0/s1. The summed E-state index contributed by atoms with van der Waals surface area (Å²) >= 11 is 0. The van der Waals surface area contributed by atoms with Crippen molar-refractivity contribution in [1.29, 1.82) is 0 Å². The molecule has 0 unspecified atom stereocenters. The maximum Gasteiger partial charge on any atom is 0.408 e. The van der Waals surface area contributed by atoms with Gasteiger partial charge in [-0.3, -0.25) is 9.59 Å². The molecule has 5 N–H and O–H groups in total. The fraction of sp³-hybridized carbons (Fsp3) is 0.425. The summed E-state index contributed by atoms with van der Waals surface area (Å²) in [5, 5.41) is 9.89. The summed E-state index contributed by atoms with van der Waals surface area (Å²) in [4.78, 5) is 44.5. The van der Waals surface area contributed by atoms with Gasteiger partial charge >= 0.3 is 6.09 Å². The van der Waals surface area contributed by atoms with Crippen LogP contribution >= 0.6 is 0 Å². The van der Waals surface area contributed by atoms with Crippen LogP contribution in [0.25, 0.3) is 10.9 Å². The molecule has 4 saturated carbocycles. The second-order valence-corrected chi connectivity index (χ2v) is 16.8. The summed E-state index contributed by atoms with van der Waals surface area (Å²) in [5.41, 5.74) is 1.16. The quantitative estimate of drug-likeness (QED) is 0.118. The van der Waals surface area contributed by atoms with Gasteiger partial charge in [0.1, 0.15) is 11.6 Å². The van der Waals surface area contributed by atoms with Crippen LogP contribution < -0.4 is 20.7 Å². The Morgan fingerprint density at radius 1 is 0.865 bits per heavy atom. The number of rotatable bonds is 14. The van der Waals surface area contributed by atoms with Crippen molar-refractivity contribution >= 4 is 38.8 Å². The Morgan fingerprint density at radius 2 is 1.50 bits per heavy atom. The summed E-state index contributed by atoms with van der Waals surface area (Å²) in [7, 11) is -3.77. The first-order chi connectivity index (χ1) is 25.1. The molecule has 4 aliphatic rings. The SMILES string of the molecule is C[C@](Cc1c[nH]c2ccccc12)(NC(=O)OC1C2CC3CC(C2)CC1C3)C(=O)NC[C@H](NC(=O)CCNS(=O)(=O)c1ccccc1)c1ccccc1.